The van der Waals surface area contributed by atoms with Gasteiger partial charge in [-0.3, -0.25) is 4.79 Å². The average molecular weight is 181 g/mol. The normalized spacial score (nSPS) is 13.4. The Kier molecular flexibility index (Phi) is 4.09. The maximum Gasteiger partial charge on any atom is 0.132 e. The first kappa shape index (κ1) is 8.11. The first-order chi connectivity index (χ1) is 3.66. The van der Waals surface area contributed by atoms with E-state index in [0.29, 0.717) is 5.33 Å². The molecule has 0 aliphatic heterocycles. The minimum Gasteiger partial charge on any atom is -0.392 e. The fourth-order valence-corrected chi connectivity index (χ4v) is 0.615. The number of aliphatic hydroxyl groups is 1. The number of Topliss-reactive ketones (excluding diaryl/α,β-unsaturated/α-hetero) is 1. The van der Waals surface area contributed by atoms with Crippen LogP contribution < -0.4 is 0 Å². The second kappa shape index (κ2) is 4.04. The third-order valence-corrected chi connectivity index (χ3v) is 1.45. The molecule has 0 amide bonds. The van der Waals surface area contributed by atoms with Crippen LogP contribution in [0.5, 0.6) is 0 Å². The second-order valence-corrected chi connectivity index (χ2v) is 2.36. The zero-order chi connectivity index (χ0) is 6.57. The summed E-state index contributed by atoms with van der Waals surface area (Å²) in [4.78, 5) is 10.2. The first-order valence-corrected chi connectivity index (χ1v) is 3.52. The molecule has 0 unspecified atom stereocenters. The second-order valence-electron chi connectivity index (χ2n) is 1.71. The Balaban J connectivity index is 3.24. The molecule has 0 spiro atoms. The van der Waals surface area contributed by atoms with Gasteiger partial charge >= 0.3 is 0 Å². The lowest BCUT2D eigenvalue weighted by atomic mass is 10.2. The number of alkyl halides is 1. The third kappa shape index (κ3) is 4.27. The van der Waals surface area contributed by atoms with Crippen LogP contribution in [0.2, 0.25) is 0 Å². The van der Waals surface area contributed by atoms with Gasteiger partial charge in [0.2, 0.25) is 0 Å². The van der Waals surface area contributed by atoms with Gasteiger partial charge < -0.3 is 5.11 Å². The number of hydrogen-bond acceptors (Lipinski definition) is 2. The zero-order valence-corrected chi connectivity index (χ0v) is 6.31. The van der Waals surface area contributed by atoms with Crippen molar-refractivity contribution < 1.29 is 9.90 Å². The molecule has 48 valence electrons. The number of ketones is 1. The molecule has 1 N–H and O–H groups in total. The fraction of sp³-hybridized carbons (Fsp3) is 0.800. The van der Waals surface area contributed by atoms with Gasteiger partial charge in [-0.15, -0.1) is 0 Å². The molecule has 0 rings (SSSR count). The topological polar surface area (TPSA) is 37.3 Å². The lowest BCUT2D eigenvalue weighted by molar-refractivity contribution is -0.118. The van der Waals surface area contributed by atoms with Crippen molar-refractivity contribution in [2.75, 3.05) is 5.33 Å². The highest BCUT2D eigenvalue weighted by Crippen LogP contribution is 1.95. The smallest absolute Gasteiger partial charge is 0.132 e. The number of rotatable bonds is 3. The maximum absolute atomic E-state index is 10.2. The molecular formula is C5H9BrO2. The highest BCUT2D eigenvalue weighted by molar-refractivity contribution is 9.09. The highest BCUT2D eigenvalue weighted by Gasteiger charge is 2.02. The summed E-state index contributed by atoms with van der Waals surface area (Å²) in [5, 5.41) is 9.24. The molecular weight excluding hydrogens is 172 g/mol. The number of carbonyl (C=O) groups excluding carboxylic acids is 1. The number of aliphatic hydroxyl groups excluding tert-OH is 1. The van der Waals surface area contributed by atoms with Crippen LogP contribution in [0, 0.1) is 0 Å². The number of carbonyl (C=O) groups is 1. The Morgan fingerprint density at radius 1 is 1.88 bits per heavy atom. The standard InChI is InChI=1S/C5H9BrO2/c1-4(7)2-5(8)3-6/h5,8H,2-3H2,1H3/t5-/m0/s1. The molecule has 3 heteroatoms. The van der Waals surface area contributed by atoms with E-state index in [1.54, 1.807) is 0 Å². The summed E-state index contributed by atoms with van der Waals surface area (Å²) in [7, 11) is 0. The van der Waals surface area contributed by atoms with E-state index >= 15 is 0 Å². The zero-order valence-electron chi connectivity index (χ0n) is 4.72. The van der Waals surface area contributed by atoms with E-state index in [4.69, 9.17) is 5.11 Å². The minimum absolute atomic E-state index is 0.0250. The lowest BCUT2D eigenvalue weighted by Gasteiger charge is -2.00. The van der Waals surface area contributed by atoms with E-state index in [2.05, 4.69) is 15.9 Å². The van der Waals surface area contributed by atoms with Crippen molar-refractivity contribution in [3.63, 3.8) is 0 Å². The molecule has 0 bridgehead atoms. The molecule has 0 heterocycles. The van der Waals surface area contributed by atoms with Crippen LogP contribution in [0.4, 0.5) is 0 Å². The SMILES string of the molecule is CC(=O)C[C@H](O)CBr. The van der Waals surface area contributed by atoms with E-state index in [1.165, 1.54) is 6.92 Å². The van der Waals surface area contributed by atoms with Crippen LogP contribution >= 0.6 is 15.9 Å². The predicted octanol–water partition coefficient (Wildman–Crippen LogP) is 0.721. The van der Waals surface area contributed by atoms with Gasteiger partial charge in [-0.25, -0.2) is 0 Å². The Hall–Kier alpha value is 0.110. The Morgan fingerprint density at radius 2 is 2.38 bits per heavy atom. The molecule has 0 radical (unpaired) electrons. The summed E-state index contributed by atoms with van der Waals surface area (Å²) in [6.45, 7) is 1.46. The molecule has 8 heavy (non-hydrogen) atoms. The van der Waals surface area contributed by atoms with E-state index in [1.807, 2.05) is 0 Å². The molecule has 0 aromatic carbocycles. The van der Waals surface area contributed by atoms with Crippen molar-refractivity contribution in [1.82, 2.24) is 0 Å². The van der Waals surface area contributed by atoms with E-state index < -0.39 is 6.10 Å². The molecule has 0 aromatic heterocycles. The van der Waals surface area contributed by atoms with Crippen molar-refractivity contribution in [3.8, 4) is 0 Å². The summed E-state index contributed by atoms with van der Waals surface area (Å²) in [6.07, 6.45) is -0.252. The van der Waals surface area contributed by atoms with Gasteiger partial charge in [-0.2, -0.15) is 0 Å². The van der Waals surface area contributed by atoms with E-state index in [0.717, 1.165) is 0 Å². The van der Waals surface area contributed by atoms with Crippen molar-refractivity contribution >= 4 is 21.7 Å². The van der Waals surface area contributed by atoms with Gasteiger partial charge in [0.1, 0.15) is 5.78 Å². The molecule has 0 aliphatic rings. The van der Waals surface area contributed by atoms with Gasteiger partial charge in [-0.1, -0.05) is 15.9 Å². The lowest BCUT2D eigenvalue weighted by Crippen LogP contribution is -2.11. The van der Waals surface area contributed by atoms with Crippen LogP contribution in [-0.4, -0.2) is 22.3 Å². The van der Waals surface area contributed by atoms with Crippen LogP contribution in [0.15, 0.2) is 0 Å². The van der Waals surface area contributed by atoms with Gasteiger partial charge in [0.05, 0.1) is 6.10 Å². The quantitative estimate of drug-likeness (QED) is 0.651. The van der Waals surface area contributed by atoms with Crippen LogP contribution in [0.1, 0.15) is 13.3 Å². The van der Waals surface area contributed by atoms with Crippen LogP contribution in [0.3, 0.4) is 0 Å². The van der Waals surface area contributed by atoms with Gasteiger partial charge in [0.25, 0.3) is 0 Å². The number of halogens is 1. The average Bonchev–Trinajstić information content (AvgIpc) is 1.65. The summed E-state index contributed by atoms with van der Waals surface area (Å²) >= 11 is 3.04. The molecule has 0 fully saturated rings. The highest BCUT2D eigenvalue weighted by atomic mass is 79.9. The Bertz CT molecular complexity index is 82.5. The Labute approximate surface area is 57.0 Å². The van der Waals surface area contributed by atoms with Crippen molar-refractivity contribution in [1.29, 1.82) is 0 Å². The van der Waals surface area contributed by atoms with Gasteiger partial charge in [-0.05, 0) is 6.92 Å². The van der Waals surface area contributed by atoms with E-state index in [9.17, 15) is 4.79 Å². The van der Waals surface area contributed by atoms with Crippen LogP contribution in [0.25, 0.3) is 0 Å². The van der Waals surface area contributed by atoms with Gasteiger partial charge in [0.15, 0.2) is 0 Å². The van der Waals surface area contributed by atoms with Gasteiger partial charge in [0, 0.05) is 11.8 Å². The maximum atomic E-state index is 10.2. The summed E-state index contributed by atoms with van der Waals surface area (Å²) in [5.74, 6) is 0.0250. The minimum atomic E-state index is -0.507. The number of hydrogen-bond donors (Lipinski definition) is 1. The first-order valence-electron chi connectivity index (χ1n) is 2.40. The Morgan fingerprint density at radius 3 is 2.50 bits per heavy atom. The molecule has 0 saturated heterocycles. The molecule has 0 aliphatic carbocycles. The molecule has 1 atom stereocenters. The molecule has 2 nitrogen and oxygen atoms in total. The fourth-order valence-electron chi connectivity index (χ4n) is 0.386. The summed E-state index contributed by atoms with van der Waals surface area (Å²) < 4.78 is 0. The van der Waals surface area contributed by atoms with Crippen molar-refractivity contribution in [2.24, 2.45) is 0 Å². The van der Waals surface area contributed by atoms with Crippen LogP contribution in [-0.2, 0) is 4.79 Å². The monoisotopic (exact) mass is 180 g/mol. The third-order valence-electron chi connectivity index (χ3n) is 0.701. The predicted molar refractivity (Wildman–Crippen MR) is 35.1 cm³/mol. The molecule has 0 saturated carbocycles. The van der Waals surface area contributed by atoms with E-state index in [-0.39, 0.29) is 12.2 Å². The summed E-state index contributed by atoms with van der Waals surface area (Å²) in [5.41, 5.74) is 0. The molecule has 0 aromatic rings. The van der Waals surface area contributed by atoms with Crippen molar-refractivity contribution in [3.05, 3.63) is 0 Å². The van der Waals surface area contributed by atoms with Crippen molar-refractivity contribution in [2.45, 2.75) is 19.4 Å². The summed E-state index contributed by atoms with van der Waals surface area (Å²) in [6, 6.07) is 0. The largest absolute Gasteiger partial charge is 0.392 e.